The second kappa shape index (κ2) is 5.28. The van der Waals surface area contributed by atoms with Crippen molar-refractivity contribution in [1.29, 1.82) is 0 Å². The second-order valence-electron chi connectivity index (χ2n) is 4.96. The van der Waals surface area contributed by atoms with E-state index in [1.807, 2.05) is 0 Å². The summed E-state index contributed by atoms with van der Waals surface area (Å²) < 4.78 is 11.5. The molecule has 0 spiro atoms. The summed E-state index contributed by atoms with van der Waals surface area (Å²) in [4.78, 5) is 0. The molecule has 2 fully saturated rings. The molecule has 0 aromatic carbocycles. The smallest absolute Gasteiger partial charge is 0.0848 e. The molecule has 0 amide bonds. The predicted octanol–water partition coefficient (Wildman–Crippen LogP) is 1.70. The van der Waals surface area contributed by atoms with Crippen molar-refractivity contribution in [2.24, 2.45) is 11.7 Å². The minimum Gasteiger partial charge on any atom is -0.381 e. The molecule has 88 valence electrons. The maximum absolute atomic E-state index is 6.10. The summed E-state index contributed by atoms with van der Waals surface area (Å²) in [6.07, 6.45) is 7.39. The highest BCUT2D eigenvalue weighted by Crippen LogP contribution is 2.29. The number of ether oxygens (including phenoxy) is 2. The molecule has 3 nitrogen and oxygen atoms in total. The van der Waals surface area contributed by atoms with Crippen LogP contribution >= 0.6 is 0 Å². The highest BCUT2D eigenvalue weighted by Gasteiger charge is 2.33. The molecule has 1 aliphatic heterocycles. The summed E-state index contributed by atoms with van der Waals surface area (Å²) in [5.41, 5.74) is 5.77. The molecule has 2 aliphatic rings. The van der Waals surface area contributed by atoms with Crippen molar-refractivity contribution in [3.05, 3.63) is 0 Å². The zero-order valence-electron chi connectivity index (χ0n) is 9.54. The quantitative estimate of drug-likeness (QED) is 0.773. The first-order valence-corrected chi connectivity index (χ1v) is 6.26. The summed E-state index contributed by atoms with van der Waals surface area (Å²) in [6.45, 7) is 3.17. The number of hydrogen-bond acceptors (Lipinski definition) is 3. The fourth-order valence-electron chi connectivity index (χ4n) is 2.62. The van der Waals surface area contributed by atoms with Crippen molar-refractivity contribution < 1.29 is 9.47 Å². The number of nitrogens with two attached hydrogens (primary N) is 1. The van der Waals surface area contributed by atoms with E-state index >= 15 is 0 Å². The van der Waals surface area contributed by atoms with Crippen LogP contribution in [0, 0.1) is 5.92 Å². The van der Waals surface area contributed by atoms with Crippen molar-refractivity contribution >= 4 is 0 Å². The molecule has 1 aliphatic carbocycles. The largest absolute Gasteiger partial charge is 0.381 e. The van der Waals surface area contributed by atoms with Gasteiger partial charge in [0.2, 0.25) is 0 Å². The lowest BCUT2D eigenvalue weighted by Crippen LogP contribution is -2.46. The topological polar surface area (TPSA) is 44.5 Å². The van der Waals surface area contributed by atoms with Crippen LogP contribution in [0.25, 0.3) is 0 Å². The molecule has 1 saturated heterocycles. The van der Waals surface area contributed by atoms with Gasteiger partial charge in [-0.25, -0.2) is 0 Å². The Labute approximate surface area is 92.3 Å². The standard InChI is InChI=1S/C12H23NO2/c13-10-12(5-7-14-8-6-12)15-9-11-3-1-2-4-11/h11H,1-10,13H2. The molecule has 1 saturated carbocycles. The zero-order chi connectivity index (χ0) is 10.6. The van der Waals surface area contributed by atoms with E-state index in [1.165, 1.54) is 25.7 Å². The molecule has 0 unspecified atom stereocenters. The zero-order valence-corrected chi connectivity index (χ0v) is 9.54. The number of rotatable bonds is 4. The molecule has 3 heteroatoms. The normalized spacial score (nSPS) is 27.0. The molecular weight excluding hydrogens is 190 g/mol. The molecular formula is C12H23NO2. The van der Waals surface area contributed by atoms with Gasteiger partial charge in [0.1, 0.15) is 0 Å². The van der Waals surface area contributed by atoms with Gasteiger partial charge in [0.25, 0.3) is 0 Å². The Bertz CT molecular complexity index is 184. The van der Waals surface area contributed by atoms with Gasteiger partial charge in [-0.15, -0.1) is 0 Å². The molecule has 0 aromatic heterocycles. The summed E-state index contributed by atoms with van der Waals surface area (Å²) in [5, 5.41) is 0. The van der Waals surface area contributed by atoms with Gasteiger partial charge in [0.15, 0.2) is 0 Å². The molecule has 0 bridgehead atoms. The maximum atomic E-state index is 6.10. The van der Waals surface area contributed by atoms with Crippen molar-refractivity contribution in [2.75, 3.05) is 26.4 Å². The number of hydrogen-bond donors (Lipinski definition) is 1. The van der Waals surface area contributed by atoms with Gasteiger partial charge < -0.3 is 15.2 Å². The van der Waals surface area contributed by atoms with Crippen LogP contribution in [0.4, 0.5) is 0 Å². The molecule has 2 N–H and O–H groups in total. The van der Waals surface area contributed by atoms with Gasteiger partial charge in [-0.05, 0) is 18.8 Å². The Balaban J connectivity index is 1.78. The summed E-state index contributed by atoms with van der Waals surface area (Å²) in [5.74, 6) is 0.788. The van der Waals surface area contributed by atoms with Crippen molar-refractivity contribution in [3.8, 4) is 0 Å². The minimum absolute atomic E-state index is 0.0686. The molecule has 1 heterocycles. The van der Waals surface area contributed by atoms with Crippen LogP contribution in [-0.2, 0) is 9.47 Å². The Kier molecular flexibility index (Phi) is 4.00. The van der Waals surface area contributed by atoms with Crippen LogP contribution in [0.5, 0.6) is 0 Å². The Hall–Kier alpha value is -0.120. The van der Waals surface area contributed by atoms with E-state index < -0.39 is 0 Å². The monoisotopic (exact) mass is 213 g/mol. The van der Waals surface area contributed by atoms with Crippen LogP contribution < -0.4 is 5.73 Å². The summed E-state index contributed by atoms with van der Waals surface area (Å²) in [6, 6.07) is 0. The SMILES string of the molecule is NCC1(OCC2CCCC2)CCOCC1. The third-order valence-electron chi connectivity index (χ3n) is 3.88. The molecule has 2 rings (SSSR count). The molecule has 15 heavy (non-hydrogen) atoms. The molecule has 0 radical (unpaired) electrons. The first kappa shape index (κ1) is 11.4. The average Bonchev–Trinajstić information content (AvgIpc) is 2.81. The Morgan fingerprint density at radius 1 is 1.20 bits per heavy atom. The minimum atomic E-state index is -0.0686. The van der Waals surface area contributed by atoms with E-state index in [2.05, 4.69) is 0 Å². The Morgan fingerprint density at radius 2 is 1.87 bits per heavy atom. The first-order chi connectivity index (χ1) is 7.35. The third-order valence-corrected chi connectivity index (χ3v) is 3.88. The second-order valence-corrected chi connectivity index (χ2v) is 4.96. The van der Waals surface area contributed by atoms with E-state index in [9.17, 15) is 0 Å². The van der Waals surface area contributed by atoms with E-state index in [0.717, 1.165) is 38.6 Å². The van der Waals surface area contributed by atoms with Gasteiger partial charge in [0, 0.05) is 32.6 Å². The van der Waals surface area contributed by atoms with Crippen LogP contribution in [0.2, 0.25) is 0 Å². The van der Waals surface area contributed by atoms with Crippen LogP contribution in [0.3, 0.4) is 0 Å². The van der Waals surface area contributed by atoms with Crippen molar-refractivity contribution in [1.82, 2.24) is 0 Å². The van der Waals surface area contributed by atoms with E-state index in [0.29, 0.717) is 6.54 Å². The lowest BCUT2D eigenvalue weighted by Gasteiger charge is -2.36. The van der Waals surface area contributed by atoms with E-state index in [4.69, 9.17) is 15.2 Å². The highest BCUT2D eigenvalue weighted by atomic mass is 16.5. The maximum Gasteiger partial charge on any atom is 0.0848 e. The lowest BCUT2D eigenvalue weighted by molar-refractivity contribution is -0.113. The van der Waals surface area contributed by atoms with Gasteiger partial charge in [-0.2, -0.15) is 0 Å². The lowest BCUT2D eigenvalue weighted by atomic mass is 9.94. The van der Waals surface area contributed by atoms with E-state index in [-0.39, 0.29) is 5.60 Å². The fraction of sp³-hybridized carbons (Fsp3) is 1.00. The fourth-order valence-corrected chi connectivity index (χ4v) is 2.62. The van der Waals surface area contributed by atoms with Gasteiger partial charge >= 0.3 is 0 Å². The summed E-state index contributed by atoms with van der Waals surface area (Å²) in [7, 11) is 0. The molecule has 0 aromatic rings. The van der Waals surface area contributed by atoms with Gasteiger partial charge in [0.05, 0.1) is 12.2 Å². The molecule has 0 atom stereocenters. The van der Waals surface area contributed by atoms with Crippen LogP contribution in [0.1, 0.15) is 38.5 Å². The highest BCUT2D eigenvalue weighted by molar-refractivity contribution is 4.85. The van der Waals surface area contributed by atoms with Crippen LogP contribution in [-0.4, -0.2) is 32.0 Å². The third kappa shape index (κ3) is 2.92. The van der Waals surface area contributed by atoms with Gasteiger partial charge in [-0.1, -0.05) is 12.8 Å². The average molecular weight is 213 g/mol. The van der Waals surface area contributed by atoms with E-state index in [1.54, 1.807) is 0 Å². The van der Waals surface area contributed by atoms with Crippen LogP contribution in [0.15, 0.2) is 0 Å². The van der Waals surface area contributed by atoms with Crippen molar-refractivity contribution in [3.63, 3.8) is 0 Å². The van der Waals surface area contributed by atoms with Crippen molar-refractivity contribution in [2.45, 2.75) is 44.1 Å². The predicted molar refractivity (Wildman–Crippen MR) is 59.7 cm³/mol. The van der Waals surface area contributed by atoms with Gasteiger partial charge in [-0.3, -0.25) is 0 Å². The summed E-state index contributed by atoms with van der Waals surface area (Å²) >= 11 is 0. The Morgan fingerprint density at radius 3 is 2.47 bits per heavy atom. The first-order valence-electron chi connectivity index (χ1n) is 6.26.